The molecule has 0 saturated heterocycles. The van der Waals surface area contributed by atoms with Crippen molar-refractivity contribution in [2.75, 3.05) is 0 Å². The molecule has 3 N–H and O–H groups in total. The van der Waals surface area contributed by atoms with Gasteiger partial charge in [0.25, 0.3) is 0 Å². The maximum Gasteiger partial charge on any atom is 0.0731 e. The molecule has 1 atom stereocenters. The number of hydrazine groups is 1. The van der Waals surface area contributed by atoms with Crippen molar-refractivity contribution >= 4 is 15.9 Å². The monoisotopic (exact) mass is 295 g/mol. The summed E-state index contributed by atoms with van der Waals surface area (Å²) in [5.41, 5.74) is 4.81. The van der Waals surface area contributed by atoms with E-state index in [0.29, 0.717) is 0 Å². The Labute approximate surface area is 108 Å². The highest BCUT2D eigenvalue weighted by Gasteiger charge is 2.15. The zero-order chi connectivity index (χ0) is 12.3. The number of nitrogens with one attached hydrogen (secondary N) is 1. The summed E-state index contributed by atoms with van der Waals surface area (Å²) in [4.78, 5) is 4.34. The van der Waals surface area contributed by atoms with E-state index >= 15 is 0 Å². The molecule has 0 radical (unpaired) electrons. The molecule has 0 amide bonds. The predicted molar refractivity (Wildman–Crippen MR) is 68.9 cm³/mol. The molecule has 0 aromatic carbocycles. The van der Waals surface area contributed by atoms with Crippen molar-refractivity contribution in [3.05, 3.63) is 46.5 Å². The van der Waals surface area contributed by atoms with Crippen LogP contribution in [0.15, 0.2) is 35.2 Å². The Morgan fingerprint density at radius 2 is 2.41 bits per heavy atom. The molecule has 2 aromatic rings. The summed E-state index contributed by atoms with van der Waals surface area (Å²) in [5, 5.41) is 4.14. The molecule has 1 unspecified atom stereocenters. The van der Waals surface area contributed by atoms with Crippen molar-refractivity contribution in [1.82, 2.24) is 20.2 Å². The smallest absolute Gasteiger partial charge is 0.0731 e. The van der Waals surface area contributed by atoms with Crippen LogP contribution in [-0.2, 0) is 13.5 Å². The Hall–Kier alpha value is -1.24. The highest BCUT2D eigenvalue weighted by Crippen LogP contribution is 2.23. The quantitative estimate of drug-likeness (QED) is 0.659. The van der Waals surface area contributed by atoms with E-state index < -0.39 is 0 Å². The largest absolute Gasteiger partial charge is 0.276 e. The van der Waals surface area contributed by atoms with Crippen LogP contribution >= 0.6 is 15.9 Å². The first-order valence-electron chi connectivity index (χ1n) is 5.24. The number of rotatable bonds is 4. The highest BCUT2D eigenvalue weighted by molar-refractivity contribution is 9.10. The van der Waals surface area contributed by atoms with Gasteiger partial charge in [-0.1, -0.05) is 0 Å². The van der Waals surface area contributed by atoms with Crippen LogP contribution in [0.3, 0.4) is 0 Å². The fourth-order valence-corrected chi connectivity index (χ4v) is 2.23. The average molecular weight is 296 g/mol. The van der Waals surface area contributed by atoms with Gasteiger partial charge in [-0.2, -0.15) is 5.10 Å². The van der Waals surface area contributed by atoms with Crippen molar-refractivity contribution in [2.24, 2.45) is 12.9 Å². The lowest BCUT2D eigenvalue weighted by Crippen LogP contribution is -2.30. The van der Waals surface area contributed by atoms with Crippen LogP contribution in [-0.4, -0.2) is 14.8 Å². The zero-order valence-corrected chi connectivity index (χ0v) is 11.1. The number of halogens is 1. The number of aryl methyl sites for hydroxylation is 1. The fourth-order valence-electron chi connectivity index (χ4n) is 1.70. The van der Waals surface area contributed by atoms with Crippen molar-refractivity contribution in [3.63, 3.8) is 0 Å². The molecule has 0 spiro atoms. The minimum atomic E-state index is -0.0326. The number of aromatic nitrogens is 3. The van der Waals surface area contributed by atoms with Crippen LogP contribution in [0.4, 0.5) is 0 Å². The van der Waals surface area contributed by atoms with Gasteiger partial charge >= 0.3 is 0 Å². The van der Waals surface area contributed by atoms with Crippen LogP contribution in [0.1, 0.15) is 17.3 Å². The normalized spacial score (nSPS) is 12.6. The van der Waals surface area contributed by atoms with E-state index in [-0.39, 0.29) is 6.04 Å². The minimum absolute atomic E-state index is 0.0326. The van der Waals surface area contributed by atoms with Crippen molar-refractivity contribution < 1.29 is 0 Å². The van der Waals surface area contributed by atoms with Crippen molar-refractivity contribution in [3.8, 4) is 0 Å². The molecule has 0 saturated carbocycles. The first kappa shape index (κ1) is 12.2. The van der Waals surface area contributed by atoms with Gasteiger partial charge < -0.3 is 0 Å². The summed E-state index contributed by atoms with van der Waals surface area (Å²) in [6.07, 6.45) is 6.32. The number of nitrogens with zero attached hydrogens (tertiary/aromatic N) is 3. The lowest BCUT2D eigenvalue weighted by atomic mass is 10.1. The molecule has 0 aliphatic heterocycles. The second-order valence-corrected chi connectivity index (χ2v) is 4.67. The van der Waals surface area contributed by atoms with E-state index in [2.05, 4.69) is 31.4 Å². The average Bonchev–Trinajstić information content (AvgIpc) is 2.73. The Morgan fingerprint density at radius 1 is 1.59 bits per heavy atom. The molecule has 17 heavy (non-hydrogen) atoms. The summed E-state index contributed by atoms with van der Waals surface area (Å²) in [6, 6.07) is 3.80. The maximum atomic E-state index is 5.59. The number of hydrogen-bond donors (Lipinski definition) is 2. The Kier molecular flexibility index (Phi) is 3.88. The molecule has 0 fully saturated rings. The van der Waals surface area contributed by atoms with Gasteiger partial charge in [-0.3, -0.25) is 20.9 Å². The third-order valence-corrected chi connectivity index (χ3v) is 3.19. The number of pyridine rings is 1. The van der Waals surface area contributed by atoms with Crippen LogP contribution in [0.5, 0.6) is 0 Å². The van der Waals surface area contributed by atoms with Crippen LogP contribution in [0, 0.1) is 0 Å². The van der Waals surface area contributed by atoms with Crippen molar-refractivity contribution in [1.29, 1.82) is 0 Å². The molecule has 90 valence electrons. The van der Waals surface area contributed by atoms with E-state index in [1.54, 1.807) is 10.9 Å². The van der Waals surface area contributed by atoms with Gasteiger partial charge in [0.15, 0.2) is 0 Å². The molecule has 0 aliphatic rings. The van der Waals surface area contributed by atoms with Crippen LogP contribution in [0.25, 0.3) is 0 Å². The Morgan fingerprint density at radius 3 is 3.00 bits per heavy atom. The molecule has 6 heteroatoms. The molecule has 0 bridgehead atoms. The molecule has 2 rings (SSSR count). The summed E-state index contributed by atoms with van der Waals surface area (Å²) >= 11 is 3.48. The molecular weight excluding hydrogens is 282 g/mol. The molecule has 5 nitrogen and oxygen atoms in total. The van der Waals surface area contributed by atoms with Crippen LogP contribution < -0.4 is 11.3 Å². The van der Waals surface area contributed by atoms with Gasteiger partial charge in [0, 0.05) is 23.9 Å². The van der Waals surface area contributed by atoms with Gasteiger partial charge in [0.1, 0.15) is 0 Å². The van der Waals surface area contributed by atoms with Crippen molar-refractivity contribution in [2.45, 2.75) is 12.5 Å². The minimum Gasteiger partial charge on any atom is -0.276 e. The third-order valence-electron chi connectivity index (χ3n) is 2.52. The lowest BCUT2D eigenvalue weighted by molar-refractivity contribution is 0.536. The second-order valence-electron chi connectivity index (χ2n) is 3.82. The van der Waals surface area contributed by atoms with Gasteiger partial charge in [-0.15, -0.1) is 0 Å². The highest BCUT2D eigenvalue weighted by atomic mass is 79.9. The summed E-state index contributed by atoms with van der Waals surface area (Å²) < 4.78 is 2.72. The number of nitrogens with two attached hydrogens (primary N) is 1. The second kappa shape index (κ2) is 5.39. The predicted octanol–water partition coefficient (Wildman–Crippen LogP) is 1.32. The topological polar surface area (TPSA) is 68.8 Å². The fraction of sp³-hybridized carbons (Fsp3) is 0.273. The third kappa shape index (κ3) is 2.91. The van der Waals surface area contributed by atoms with Gasteiger partial charge in [0.2, 0.25) is 0 Å². The van der Waals surface area contributed by atoms with E-state index in [0.717, 1.165) is 22.2 Å². The van der Waals surface area contributed by atoms with E-state index in [9.17, 15) is 0 Å². The molecule has 2 aromatic heterocycles. The van der Waals surface area contributed by atoms with Gasteiger partial charge in [-0.25, -0.2) is 0 Å². The Balaban J connectivity index is 2.20. The first-order chi connectivity index (χ1) is 8.20. The molecular formula is C11H14BrN5. The zero-order valence-electron chi connectivity index (χ0n) is 9.47. The van der Waals surface area contributed by atoms with Crippen LogP contribution in [0.2, 0.25) is 0 Å². The van der Waals surface area contributed by atoms with Gasteiger partial charge in [0.05, 0.1) is 17.9 Å². The SMILES string of the molecule is Cn1cc(CC(NN)c2ncccc2Br)cn1. The standard InChI is InChI=1S/C11H14BrN5/c1-17-7-8(6-15-17)5-10(16-13)11-9(12)3-2-4-14-11/h2-4,6-7,10,16H,5,13H2,1H3. The molecule has 2 heterocycles. The maximum absolute atomic E-state index is 5.59. The summed E-state index contributed by atoms with van der Waals surface area (Å²) in [7, 11) is 1.89. The van der Waals surface area contributed by atoms with Gasteiger partial charge in [-0.05, 0) is 40.0 Å². The lowest BCUT2D eigenvalue weighted by Gasteiger charge is -2.15. The first-order valence-corrected chi connectivity index (χ1v) is 6.04. The summed E-state index contributed by atoms with van der Waals surface area (Å²) in [6.45, 7) is 0. The summed E-state index contributed by atoms with van der Waals surface area (Å²) in [5.74, 6) is 5.59. The Bertz CT molecular complexity index is 496. The van der Waals surface area contributed by atoms with E-state index in [1.165, 1.54) is 0 Å². The molecule has 0 aliphatic carbocycles. The van der Waals surface area contributed by atoms with E-state index in [4.69, 9.17) is 5.84 Å². The van der Waals surface area contributed by atoms with E-state index in [1.807, 2.05) is 31.6 Å². The number of hydrogen-bond acceptors (Lipinski definition) is 4.